The number of carbonyl (C=O) groups excluding carboxylic acids is 2. The number of hydrogen-bond donors (Lipinski definition) is 1. The molecule has 0 bridgehead atoms. The molecule has 34 heavy (non-hydrogen) atoms. The number of piperazine rings is 1. The third kappa shape index (κ3) is 5.37. The number of carbonyl (C=O) groups is 2. The summed E-state index contributed by atoms with van der Waals surface area (Å²) in [5.41, 5.74) is 2.61. The van der Waals surface area contributed by atoms with Crippen LogP contribution in [0.4, 0.5) is 5.69 Å². The van der Waals surface area contributed by atoms with E-state index in [1.54, 1.807) is 13.2 Å². The molecule has 2 saturated heterocycles. The number of likely N-dealkylation sites (tertiary alicyclic amines) is 1. The molecule has 0 saturated carbocycles. The number of nitrogens with zero attached hydrogens (tertiary/aromatic N) is 3. The average Bonchev–Trinajstić information content (AvgIpc) is 3.38. The summed E-state index contributed by atoms with van der Waals surface area (Å²) in [6.07, 6.45) is 2.35. The predicted molar refractivity (Wildman–Crippen MR) is 135 cm³/mol. The summed E-state index contributed by atoms with van der Waals surface area (Å²) in [5.74, 6) is 0.644. The number of methoxy groups -OCH3 is 1. The Balaban J connectivity index is 1.33. The van der Waals surface area contributed by atoms with Gasteiger partial charge in [0.25, 0.3) is 0 Å². The molecule has 2 amide bonds. The van der Waals surface area contributed by atoms with Gasteiger partial charge >= 0.3 is 0 Å². The largest absolute Gasteiger partial charge is 0.495 e. The summed E-state index contributed by atoms with van der Waals surface area (Å²) in [5, 5.41) is 3.84. The van der Waals surface area contributed by atoms with Crippen LogP contribution in [0.2, 0.25) is 5.02 Å². The van der Waals surface area contributed by atoms with Crippen LogP contribution in [-0.2, 0) is 9.59 Å². The van der Waals surface area contributed by atoms with Crippen LogP contribution in [0.25, 0.3) is 11.1 Å². The van der Waals surface area contributed by atoms with Crippen LogP contribution in [-0.4, -0.2) is 85.5 Å². The molecule has 4 rings (SSSR count). The van der Waals surface area contributed by atoms with E-state index in [0.717, 1.165) is 49.4 Å². The third-order valence-corrected chi connectivity index (χ3v) is 6.95. The van der Waals surface area contributed by atoms with E-state index in [-0.39, 0.29) is 18.4 Å². The molecule has 0 spiro atoms. The molecular formula is C26H31ClN4O3. The standard InChI is InChI=1S/C26H31ClN4O3/c1-3-25(32)31-10-9-20(18-31)29-11-13-30(14-12-29)26(33)17-28-23-15-21(19-7-5-4-6-8-19)22(27)16-24(23)34-2/h3-8,15-16,20,28H,1,9-14,17-18H2,2H3. The Morgan fingerprint density at radius 1 is 1.12 bits per heavy atom. The van der Waals surface area contributed by atoms with Gasteiger partial charge in [-0.15, -0.1) is 0 Å². The van der Waals surface area contributed by atoms with Crippen LogP contribution in [0.5, 0.6) is 5.75 Å². The van der Waals surface area contributed by atoms with E-state index in [2.05, 4.69) is 16.8 Å². The van der Waals surface area contributed by atoms with E-state index in [1.165, 1.54) is 6.08 Å². The number of benzene rings is 2. The van der Waals surface area contributed by atoms with Gasteiger partial charge in [-0.25, -0.2) is 0 Å². The maximum Gasteiger partial charge on any atom is 0.246 e. The summed E-state index contributed by atoms with van der Waals surface area (Å²) in [7, 11) is 1.59. The molecule has 2 aliphatic rings. The van der Waals surface area contributed by atoms with Crippen LogP contribution < -0.4 is 10.1 Å². The van der Waals surface area contributed by atoms with E-state index in [4.69, 9.17) is 16.3 Å². The second kappa shape index (κ2) is 10.9. The first-order valence-electron chi connectivity index (χ1n) is 11.6. The highest BCUT2D eigenvalue weighted by molar-refractivity contribution is 6.33. The number of halogens is 1. The fourth-order valence-corrected chi connectivity index (χ4v) is 4.95. The number of anilines is 1. The van der Waals surface area contributed by atoms with Crippen LogP contribution in [0, 0.1) is 0 Å². The van der Waals surface area contributed by atoms with E-state index < -0.39 is 0 Å². The first kappa shape index (κ1) is 24.1. The Kier molecular flexibility index (Phi) is 7.75. The van der Waals surface area contributed by atoms with Crippen molar-refractivity contribution in [2.45, 2.75) is 12.5 Å². The third-order valence-electron chi connectivity index (χ3n) is 6.64. The molecule has 0 radical (unpaired) electrons. The molecule has 0 aliphatic carbocycles. The zero-order valence-corrected chi connectivity index (χ0v) is 20.3. The van der Waals surface area contributed by atoms with Crippen molar-refractivity contribution in [3.8, 4) is 16.9 Å². The highest BCUT2D eigenvalue weighted by Gasteiger charge is 2.32. The molecule has 1 atom stereocenters. The summed E-state index contributed by atoms with van der Waals surface area (Å²) >= 11 is 6.49. The van der Waals surface area contributed by atoms with E-state index in [0.29, 0.717) is 29.9 Å². The second-order valence-corrected chi connectivity index (χ2v) is 9.01. The van der Waals surface area contributed by atoms with E-state index >= 15 is 0 Å². The first-order valence-corrected chi connectivity index (χ1v) is 12.0. The summed E-state index contributed by atoms with van der Waals surface area (Å²) < 4.78 is 5.49. The Bertz CT molecular complexity index is 1040. The molecule has 0 aromatic heterocycles. The van der Waals surface area contributed by atoms with Crippen molar-refractivity contribution in [3.05, 3.63) is 60.1 Å². The van der Waals surface area contributed by atoms with Gasteiger partial charge < -0.3 is 19.9 Å². The normalized spacial score (nSPS) is 18.6. The van der Waals surface area contributed by atoms with Gasteiger partial charge in [0.1, 0.15) is 5.75 Å². The summed E-state index contributed by atoms with van der Waals surface area (Å²) in [6, 6.07) is 13.9. The highest BCUT2D eigenvalue weighted by Crippen LogP contribution is 2.37. The minimum atomic E-state index is -0.00422. The SMILES string of the molecule is C=CC(=O)N1CCC(N2CCN(C(=O)CNc3cc(-c4ccccc4)c(Cl)cc3OC)CC2)C1. The molecule has 7 nitrogen and oxygen atoms in total. The molecule has 2 aromatic rings. The molecule has 1 unspecified atom stereocenters. The molecule has 2 aromatic carbocycles. The van der Waals surface area contributed by atoms with Crippen molar-refractivity contribution in [2.24, 2.45) is 0 Å². The number of rotatable bonds is 7. The molecule has 2 fully saturated rings. The van der Waals surface area contributed by atoms with Crippen LogP contribution in [0.1, 0.15) is 6.42 Å². The average molecular weight is 483 g/mol. The molecule has 2 heterocycles. The van der Waals surface area contributed by atoms with E-state index in [9.17, 15) is 9.59 Å². The molecule has 2 aliphatic heterocycles. The maximum atomic E-state index is 12.9. The maximum absolute atomic E-state index is 12.9. The number of nitrogens with one attached hydrogen (secondary N) is 1. The lowest BCUT2D eigenvalue weighted by molar-refractivity contribution is -0.131. The van der Waals surface area contributed by atoms with Gasteiger partial charge in [-0.1, -0.05) is 48.5 Å². The molecular weight excluding hydrogens is 452 g/mol. The van der Waals surface area contributed by atoms with Crippen molar-refractivity contribution >= 4 is 29.1 Å². The number of ether oxygens (including phenoxy) is 1. The first-order chi connectivity index (χ1) is 16.5. The fraction of sp³-hybridized carbons (Fsp3) is 0.385. The lowest BCUT2D eigenvalue weighted by atomic mass is 10.0. The Hall–Kier alpha value is -3.03. The van der Waals surface area contributed by atoms with Gasteiger partial charge in [0.2, 0.25) is 11.8 Å². The summed E-state index contributed by atoms with van der Waals surface area (Å²) in [6.45, 7) is 8.25. The smallest absolute Gasteiger partial charge is 0.246 e. The molecule has 180 valence electrons. The minimum absolute atomic E-state index is 0.00422. The number of amides is 2. The lowest BCUT2D eigenvalue weighted by Gasteiger charge is -2.38. The zero-order chi connectivity index (χ0) is 24.1. The van der Waals surface area contributed by atoms with Crippen molar-refractivity contribution in [2.75, 3.05) is 58.2 Å². The quantitative estimate of drug-likeness (QED) is 0.613. The van der Waals surface area contributed by atoms with Crippen molar-refractivity contribution < 1.29 is 14.3 Å². The minimum Gasteiger partial charge on any atom is -0.495 e. The monoisotopic (exact) mass is 482 g/mol. The van der Waals surface area contributed by atoms with Gasteiger partial charge in [-0.2, -0.15) is 0 Å². The van der Waals surface area contributed by atoms with Gasteiger partial charge in [-0.05, 0) is 24.1 Å². The topological polar surface area (TPSA) is 65.1 Å². The Morgan fingerprint density at radius 2 is 1.85 bits per heavy atom. The highest BCUT2D eigenvalue weighted by atomic mass is 35.5. The van der Waals surface area contributed by atoms with Crippen molar-refractivity contribution in [1.82, 2.24) is 14.7 Å². The zero-order valence-electron chi connectivity index (χ0n) is 19.5. The Morgan fingerprint density at radius 3 is 2.53 bits per heavy atom. The molecule has 1 N–H and O–H groups in total. The van der Waals surface area contributed by atoms with Crippen LogP contribution >= 0.6 is 11.6 Å². The van der Waals surface area contributed by atoms with Gasteiger partial charge in [-0.3, -0.25) is 14.5 Å². The lowest BCUT2D eigenvalue weighted by Crippen LogP contribution is -2.53. The fourth-order valence-electron chi connectivity index (χ4n) is 4.69. The van der Waals surface area contributed by atoms with Gasteiger partial charge in [0.15, 0.2) is 0 Å². The summed E-state index contributed by atoms with van der Waals surface area (Å²) in [4.78, 5) is 30.9. The van der Waals surface area contributed by atoms with Gasteiger partial charge in [0.05, 0.1) is 24.4 Å². The van der Waals surface area contributed by atoms with Crippen LogP contribution in [0.15, 0.2) is 55.1 Å². The Labute approximate surface area is 205 Å². The van der Waals surface area contributed by atoms with E-state index in [1.807, 2.05) is 46.2 Å². The molecule has 8 heteroatoms. The van der Waals surface area contributed by atoms with Crippen molar-refractivity contribution in [3.63, 3.8) is 0 Å². The predicted octanol–water partition coefficient (Wildman–Crippen LogP) is 3.36. The number of hydrogen-bond acceptors (Lipinski definition) is 5. The van der Waals surface area contributed by atoms with Crippen LogP contribution in [0.3, 0.4) is 0 Å². The van der Waals surface area contributed by atoms with Gasteiger partial charge in [0, 0.05) is 56.9 Å². The van der Waals surface area contributed by atoms with Crippen molar-refractivity contribution in [1.29, 1.82) is 0 Å². The second-order valence-electron chi connectivity index (χ2n) is 8.60.